The Labute approximate surface area is 162 Å². The average molecular weight is 379 g/mol. The number of halogens is 1. The SMILES string of the molecule is CC(C)n1nccc1CN(Cc1nccn1C)C1CC12CCNCC2.Cl. The molecule has 2 aromatic rings. The lowest BCUT2D eigenvalue weighted by molar-refractivity contribution is 0.177. The normalized spacial score (nSPS) is 21.3. The van der Waals surface area contributed by atoms with Crippen molar-refractivity contribution in [2.24, 2.45) is 12.5 Å². The molecule has 7 heteroatoms. The zero-order valence-corrected chi connectivity index (χ0v) is 16.9. The zero-order chi connectivity index (χ0) is 17.4. The summed E-state index contributed by atoms with van der Waals surface area (Å²) in [7, 11) is 2.09. The molecule has 1 unspecified atom stereocenters. The monoisotopic (exact) mass is 378 g/mol. The van der Waals surface area contributed by atoms with Gasteiger partial charge in [-0.2, -0.15) is 5.10 Å². The van der Waals surface area contributed by atoms with E-state index in [0.29, 0.717) is 17.5 Å². The van der Waals surface area contributed by atoms with Crippen molar-refractivity contribution in [2.45, 2.75) is 58.3 Å². The molecule has 1 atom stereocenters. The molecule has 6 nitrogen and oxygen atoms in total. The first-order valence-electron chi connectivity index (χ1n) is 9.52. The van der Waals surface area contributed by atoms with Gasteiger partial charge in [0, 0.05) is 44.3 Å². The van der Waals surface area contributed by atoms with E-state index in [4.69, 9.17) is 0 Å². The van der Waals surface area contributed by atoms with E-state index in [2.05, 4.69) is 56.5 Å². The molecular formula is C19H31ClN6. The van der Waals surface area contributed by atoms with Gasteiger partial charge in [0.1, 0.15) is 5.82 Å². The van der Waals surface area contributed by atoms with Crippen molar-refractivity contribution < 1.29 is 0 Å². The van der Waals surface area contributed by atoms with E-state index in [1.807, 2.05) is 18.6 Å². The van der Waals surface area contributed by atoms with Gasteiger partial charge in [0.25, 0.3) is 0 Å². The average Bonchev–Trinajstić information content (AvgIpc) is 2.94. The molecule has 1 aliphatic carbocycles. The summed E-state index contributed by atoms with van der Waals surface area (Å²) in [6.07, 6.45) is 9.81. The van der Waals surface area contributed by atoms with Gasteiger partial charge in [-0.1, -0.05) is 0 Å². The van der Waals surface area contributed by atoms with E-state index in [1.165, 1.54) is 25.0 Å². The first kappa shape index (κ1) is 19.4. The van der Waals surface area contributed by atoms with Gasteiger partial charge < -0.3 is 9.88 Å². The number of nitrogens with zero attached hydrogens (tertiary/aromatic N) is 5. The van der Waals surface area contributed by atoms with Gasteiger partial charge in [-0.3, -0.25) is 9.58 Å². The van der Waals surface area contributed by atoms with Gasteiger partial charge in [-0.25, -0.2) is 4.98 Å². The Morgan fingerprint density at radius 1 is 1.27 bits per heavy atom. The smallest absolute Gasteiger partial charge is 0.122 e. The minimum atomic E-state index is 0. The van der Waals surface area contributed by atoms with Crippen molar-refractivity contribution in [3.05, 3.63) is 36.2 Å². The quantitative estimate of drug-likeness (QED) is 0.839. The highest BCUT2D eigenvalue weighted by atomic mass is 35.5. The molecule has 3 heterocycles. The predicted octanol–water partition coefficient (Wildman–Crippen LogP) is 2.76. The lowest BCUT2D eigenvalue weighted by atomic mass is 9.93. The van der Waals surface area contributed by atoms with Crippen LogP contribution >= 0.6 is 12.4 Å². The molecule has 0 radical (unpaired) electrons. The van der Waals surface area contributed by atoms with Crippen molar-refractivity contribution in [3.8, 4) is 0 Å². The minimum absolute atomic E-state index is 0. The van der Waals surface area contributed by atoms with Crippen LogP contribution in [0.1, 0.15) is 50.7 Å². The molecule has 0 bridgehead atoms. The largest absolute Gasteiger partial charge is 0.337 e. The highest BCUT2D eigenvalue weighted by Crippen LogP contribution is 2.56. The van der Waals surface area contributed by atoms with E-state index in [-0.39, 0.29) is 12.4 Å². The molecule has 1 saturated heterocycles. The van der Waals surface area contributed by atoms with Crippen LogP contribution in [0.2, 0.25) is 0 Å². The number of rotatable bonds is 6. The molecule has 1 aliphatic heterocycles. The summed E-state index contributed by atoms with van der Waals surface area (Å²) in [5, 5.41) is 8.04. The van der Waals surface area contributed by atoms with Crippen molar-refractivity contribution in [3.63, 3.8) is 0 Å². The maximum atomic E-state index is 4.57. The molecule has 26 heavy (non-hydrogen) atoms. The molecule has 1 spiro atoms. The van der Waals surface area contributed by atoms with Gasteiger partial charge in [0.2, 0.25) is 0 Å². The summed E-state index contributed by atoms with van der Waals surface area (Å²) in [5.41, 5.74) is 1.83. The zero-order valence-electron chi connectivity index (χ0n) is 16.1. The van der Waals surface area contributed by atoms with Gasteiger partial charge in [-0.05, 0) is 57.7 Å². The molecule has 2 aromatic heterocycles. The fraction of sp³-hybridized carbons (Fsp3) is 0.684. The second-order valence-electron chi connectivity index (χ2n) is 8.05. The number of piperidine rings is 1. The van der Waals surface area contributed by atoms with Crippen molar-refractivity contribution in [1.82, 2.24) is 29.5 Å². The van der Waals surface area contributed by atoms with E-state index in [0.717, 1.165) is 32.0 Å². The maximum absolute atomic E-state index is 4.57. The van der Waals surface area contributed by atoms with E-state index in [9.17, 15) is 0 Å². The summed E-state index contributed by atoms with van der Waals surface area (Å²) in [6.45, 7) is 8.58. The van der Waals surface area contributed by atoms with Crippen LogP contribution in [0.15, 0.2) is 24.7 Å². The molecule has 0 aromatic carbocycles. The number of aryl methyl sites for hydroxylation is 1. The number of imidazole rings is 1. The highest BCUT2D eigenvalue weighted by molar-refractivity contribution is 5.85. The molecule has 1 saturated carbocycles. The Bertz CT molecular complexity index is 715. The van der Waals surface area contributed by atoms with Crippen LogP contribution < -0.4 is 5.32 Å². The summed E-state index contributed by atoms with van der Waals surface area (Å²) < 4.78 is 4.30. The topological polar surface area (TPSA) is 50.9 Å². The third-order valence-electron chi connectivity index (χ3n) is 6.06. The van der Waals surface area contributed by atoms with Crippen molar-refractivity contribution >= 4 is 12.4 Å². The standard InChI is InChI=1S/C19H30N6.ClH/c1-15(2)25-16(4-7-22-25)13-24(14-18-21-10-11-23(18)3)17-12-19(17)5-8-20-9-6-19;/h4,7,10-11,15,17,20H,5-6,8-9,12-14H2,1-3H3;1H. The van der Waals surface area contributed by atoms with Crippen LogP contribution in [-0.4, -0.2) is 43.4 Å². The van der Waals surface area contributed by atoms with Crippen LogP contribution in [0.4, 0.5) is 0 Å². The van der Waals surface area contributed by atoms with E-state index < -0.39 is 0 Å². The lowest BCUT2D eigenvalue weighted by Gasteiger charge is -2.29. The molecule has 1 N–H and O–H groups in total. The Balaban J connectivity index is 0.00000196. The number of hydrogen-bond donors (Lipinski definition) is 1. The van der Waals surface area contributed by atoms with Gasteiger partial charge in [0.05, 0.1) is 12.2 Å². The third-order valence-corrected chi connectivity index (χ3v) is 6.06. The number of nitrogens with one attached hydrogen (secondary N) is 1. The summed E-state index contributed by atoms with van der Waals surface area (Å²) in [5.74, 6) is 1.14. The fourth-order valence-corrected chi connectivity index (χ4v) is 4.45. The van der Waals surface area contributed by atoms with Crippen molar-refractivity contribution in [1.29, 1.82) is 0 Å². The minimum Gasteiger partial charge on any atom is -0.337 e. The van der Waals surface area contributed by atoms with Gasteiger partial charge in [-0.15, -0.1) is 12.4 Å². The van der Waals surface area contributed by atoms with Gasteiger partial charge >= 0.3 is 0 Å². The Kier molecular flexibility index (Phi) is 5.75. The molecule has 144 valence electrons. The summed E-state index contributed by atoms with van der Waals surface area (Å²) in [6, 6.07) is 3.23. The van der Waals surface area contributed by atoms with E-state index >= 15 is 0 Å². The highest BCUT2D eigenvalue weighted by Gasteiger charge is 2.56. The Morgan fingerprint density at radius 2 is 2.04 bits per heavy atom. The maximum Gasteiger partial charge on any atom is 0.122 e. The molecule has 0 amide bonds. The van der Waals surface area contributed by atoms with Crippen LogP contribution in [-0.2, 0) is 20.1 Å². The number of aromatic nitrogens is 4. The van der Waals surface area contributed by atoms with Crippen LogP contribution in [0.25, 0.3) is 0 Å². The predicted molar refractivity (Wildman–Crippen MR) is 105 cm³/mol. The first-order valence-corrected chi connectivity index (χ1v) is 9.52. The molecule has 2 fully saturated rings. The second-order valence-corrected chi connectivity index (χ2v) is 8.05. The van der Waals surface area contributed by atoms with Crippen LogP contribution in [0.3, 0.4) is 0 Å². The van der Waals surface area contributed by atoms with Crippen LogP contribution in [0, 0.1) is 5.41 Å². The fourth-order valence-electron chi connectivity index (χ4n) is 4.45. The number of hydrogen-bond acceptors (Lipinski definition) is 4. The Hall–Kier alpha value is -1.37. The van der Waals surface area contributed by atoms with Crippen LogP contribution in [0.5, 0.6) is 0 Å². The summed E-state index contributed by atoms with van der Waals surface area (Å²) in [4.78, 5) is 7.22. The van der Waals surface area contributed by atoms with Gasteiger partial charge in [0.15, 0.2) is 0 Å². The van der Waals surface area contributed by atoms with E-state index in [1.54, 1.807) is 0 Å². The third kappa shape index (κ3) is 3.68. The molecule has 2 aliphatic rings. The molecule has 4 rings (SSSR count). The summed E-state index contributed by atoms with van der Waals surface area (Å²) >= 11 is 0. The van der Waals surface area contributed by atoms with Crippen molar-refractivity contribution in [2.75, 3.05) is 13.1 Å². The second kappa shape index (κ2) is 7.71. The molecular weight excluding hydrogens is 348 g/mol. The Morgan fingerprint density at radius 3 is 2.69 bits per heavy atom. The lowest BCUT2D eigenvalue weighted by Crippen LogP contribution is -2.36. The first-order chi connectivity index (χ1) is 12.1.